The summed E-state index contributed by atoms with van der Waals surface area (Å²) >= 11 is 1.24. The molecule has 0 radical (unpaired) electrons. The third-order valence-electron chi connectivity index (χ3n) is 2.46. The van der Waals surface area contributed by atoms with Crippen LogP contribution in [0.1, 0.15) is 21.3 Å². The van der Waals surface area contributed by atoms with Crippen LogP contribution >= 0.6 is 11.3 Å². The van der Waals surface area contributed by atoms with E-state index in [-0.39, 0.29) is 5.56 Å². The molecule has 1 aromatic carbocycles. The molecular formula is C13H10FNO3S. The van der Waals surface area contributed by atoms with Gasteiger partial charge in [0.2, 0.25) is 0 Å². The van der Waals surface area contributed by atoms with E-state index in [0.29, 0.717) is 4.88 Å². The molecule has 0 spiro atoms. The summed E-state index contributed by atoms with van der Waals surface area (Å²) in [4.78, 5) is 23.6. The molecule has 1 heterocycles. The van der Waals surface area contributed by atoms with Crippen LogP contribution < -0.4 is 5.32 Å². The third-order valence-corrected chi connectivity index (χ3v) is 3.39. The average molecular weight is 279 g/mol. The molecule has 0 bridgehead atoms. The minimum Gasteiger partial charge on any atom is -0.479 e. The van der Waals surface area contributed by atoms with Gasteiger partial charge in [-0.25, -0.2) is 9.18 Å². The van der Waals surface area contributed by atoms with Crippen LogP contribution in [0.15, 0.2) is 41.8 Å². The molecule has 0 saturated heterocycles. The number of carbonyl (C=O) groups is 2. The zero-order valence-electron chi connectivity index (χ0n) is 9.67. The lowest BCUT2D eigenvalue weighted by Crippen LogP contribution is -2.33. The largest absolute Gasteiger partial charge is 0.479 e. The maximum absolute atomic E-state index is 12.7. The van der Waals surface area contributed by atoms with Crippen LogP contribution in [0.25, 0.3) is 0 Å². The summed E-state index contributed by atoms with van der Waals surface area (Å²) in [6, 6.07) is 7.15. The fraction of sp³-hybridized carbons (Fsp3) is 0.0769. The second-order valence-corrected chi connectivity index (χ2v) is 4.75. The SMILES string of the molecule is O=C(NC(C(=O)O)c1cccs1)c1ccc(F)cc1. The number of rotatable bonds is 4. The zero-order chi connectivity index (χ0) is 13.8. The van der Waals surface area contributed by atoms with E-state index < -0.39 is 23.7 Å². The molecule has 1 amide bonds. The molecule has 98 valence electrons. The van der Waals surface area contributed by atoms with Crippen LogP contribution in [0.4, 0.5) is 4.39 Å². The van der Waals surface area contributed by atoms with Gasteiger partial charge in [-0.1, -0.05) is 6.07 Å². The maximum atomic E-state index is 12.7. The van der Waals surface area contributed by atoms with Gasteiger partial charge in [0.05, 0.1) is 0 Å². The Bertz CT molecular complexity index is 580. The van der Waals surface area contributed by atoms with Crippen LogP contribution in [-0.4, -0.2) is 17.0 Å². The molecule has 2 N–H and O–H groups in total. The standard InChI is InChI=1S/C13H10FNO3S/c14-9-5-3-8(4-6-9)12(16)15-11(13(17)18)10-2-1-7-19-10/h1-7,11H,(H,15,16)(H,17,18). The van der Waals surface area contributed by atoms with Gasteiger partial charge < -0.3 is 10.4 Å². The Hall–Kier alpha value is -2.21. The Morgan fingerprint density at radius 1 is 1.21 bits per heavy atom. The molecule has 0 saturated carbocycles. The quantitative estimate of drug-likeness (QED) is 0.903. The van der Waals surface area contributed by atoms with E-state index in [1.165, 1.54) is 23.5 Å². The second-order valence-electron chi connectivity index (χ2n) is 3.77. The summed E-state index contributed by atoms with van der Waals surface area (Å²) in [5.74, 6) is -2.15. The minimum absolute atomic E-state index is 0.212. The number of carboxylic acid groups (broad SMARTS) is 1. The number of thiophene rings is 1. The molecular weight excluding hydrogens is 269 g/mol. The van der Waals surface area contributed by atoms with Crippen molar-refractivity contribution in [2.45, 2.75) is 6.04 Å². The van der Waals surface area contributed by atoms with Crippen molar-refractivity contribution in [3.63, 3.8) is 0 Å². The Kier molecular flexibility index (Phi) is 3.91. The van der Waals surface area contributed by atoms with Crippen molar-refractivity contribution in [1.29, 1.82) is 0 Å². The zero-order valence-corrected chi connectivity index (χ0v) is 10.5. The van der Waals surface area contributed by atoms with Crippen molar-refractivity contribution in [3.8, 4) is 0 Å². The van der Waals surface area contributed by atoms with E-state index in [4.69, 9.17) is 5.11 Å². The number of benzene rings is 1. The average Bonchev–Trinajstić information content (AvgIpc) is 2.89. The van der Waals surface area contributed by atoms with E-state index in [1.807, 2.05) is 0 Å². The number of halogens is 1. The first-order valence-corrected chi connectivity index (χ1v) is 6.28. The topological polar surface area (TPSA) is 66.4 Å². The molecule has 2 aromatic rings. The van der Waals surface area contributed by atoms with E-state index in [9.17, 15) is 14.0 Å². The number of carboxylic acids is 1. The van der Waals surface area contributed by atoms with Crippen LogP contribution in [-0.2, 0) is 4.79 Å². The number of nitrogens with one attached hydrogen (secondary N) is 1. The molecule has 1 aromatic heterocycles. The van der Waals surface area contributed by atoms with Crippen LogP contribution in [0.2, 0.25) is 0 Å². The summed E-state index contributed by atoms with van der Waals surface area (Å²) in [6.45, 7) is 0. The van der Waals surface area contributed by atoms with Crippen molar-refractivity contribution < 1.29 is 19.1 Å². The smallest absolute Gasteiger partial charge is 0.331 e. The first-order chi connectivity index (χ1) is 9.08. The van der Waals surface area contributed by atoms with E-state index >= 15 is 0 Å². The fourth-order valence-corrected chi connectivity index (χ4v) is 2.29. The highest BCUT2D eigenvalue weighted by Gasteiger charge is 2.23. The van der Waals surface area contributed by atoms with Crippen LogP contribution in [0.5, 0.6) is 0 Å². The van der Waals surface area contributed by atoms with E-state index in [1.54, 1.807) is 17.5 Å². The molecule has 2 rings (SSSR count). The Balaban J connectivity index is 2.16. The fourth-order valence-electron chi connectivity index (χ4n) is 1.53. The van der Waals surface area contributed by atoms with Crippen LogP contribution in [0.3, 0.4) is 0 Å². The molecule has 0 fully saturated rings. The summed E-state index contributed by atoms with van der Waals surface area (Å²) in [7, 11) is 0. The number of hydrogen-bond donors (Lipinski definition) is 2. The lowest BCUT2D eigenvalue weighted by atomic mass is 10.1. The molecule has 0 aliphatic rings. The van der Waals surface area contributed by atoms with Crippen molar-refractivity contribution in [1.82, 2.24) is 5.32 Å². The Morgan fingerprint density at radius 2 is 1.89 bits per heavy atom. The van der Waals surface area contributed by atoms with Crippen molar-refractivity contribution in [2.75, 3.05) is 0 Å². The van der Waals surface area contributed by atoms with Gasteiger partial charge in [-0.2, -0.15) is 0 Å². The number of hydrogen-bond acceptors (Lipinski definition) is 3. The Labute approximate surface area is 112 Å². The third kappa shape index (κ3) is 3.17. The molecule has 0 aliphatic carbocycles. The van der Waals surface area contributed by atoms with Crippen molar-refractivity contribution in [2.24, 2.45) is 0 Å². The predicted octanol–water partition coefficient (Wildman–Crippen LogP) is 2.44. The summed E-state index contributed by atoms with van der Waals surface area (Å²) in [5.41, 5.74) is 0.212. The van der Waals surface area contributed by atoms with Gasteiger partial charge in [-0.15, -0.1) is 11.3 Å². The second kappa shape index (κ2) is 5.62. The molecule has 0 aliphatic heterocycles. The first kappa shape index (κ1) is 13.2. The van der Waals surface area contributed by atoms with Gasteiger partial charge in [-0.05, 0) is 35.7 Å². The summed E-state index contributed by atoms with van der Waals surface area (Å²) in [5, 5.41) is 13.3. The lowest BCUT2D eigenvalue weighted by Gasteiger charge is -2.12. The van der Waals surface area contributed by atoms with Gasteiger partial charge >= 0.3 is 5.97 Å². The highest BCUT2D eigenvalue weighted by atomic mass is 32.1. The molecule has 6 heteroatoms. The predicted molar refractivity (Wildman–Crippen MR) is 68.6 cm³/mol. The van der Waals surface area contributed by atoms with Crippen molar-refractivity contribution >= 4 is 23.2 Å². The van der Waals surface area contributed by atoms with Gasteiger partial charge in [0, 0.05) is 10.4 Å². The molecule has 4 nitrogen and oxygen atoms in total. The Morgan fingerprint density at radius 3 is 2.42 bits per heavy atom. The van der Waals surface area contributed by atoms with E-state index in [2.05, 4.69) is 5.32 Å². The monoisotopic (exact) mass is 279 g/mol. The highest BCUT2D eigenvalue weighted by molar-refractivity contribution is 7.10. The van der Waals surface area contributed by atoms with Gasteiger partial charge in [0.25, 0.3) is 5.91 Å². The number of aliphatic carboxylic acids is 1. The maximum Gasteiger partial charge on any atom is 0.331 e. The highest BCUT2D eigenvalue weighted by Crippen LogP contribution is 2.19. The first-order valence-electron chi connectivity index (χ1n) is 5.40. The van der Waals surface area contributed by atoms with E-state index in [0.717, 1.165) is 12.1 Å². The normalized spacial score (nSPS) is 11.8. The summed E-state index contributed by atoms with van der Waals surface area (Å²) in [6.07, 6.45) is 0. The molecule has 1 unspecified atom stereocenters. The summed E-state index contributed by atoms with van der Waals surface area (Å²) < 4.78 is 12.7. The van der Waals surface area contributed by atoms with Crippen molar-refractivity contribution in [3.05, 3.63) is 58.0 Å². The number of amides is 1. The number of carbonyl (C=O) groups excluding carboxylic acids is 1. The minimum atomic E-state index is -1.14. The van der Waals surface area contributed by atoms with Gasteiger partial charge in [-0.3, -0.25) is 4.79 Å². The molecule has 1 atom stereocenters. The van der Waals surface area contributed by atoms with Crippen LogP contribution in [0, 0.1) is 5.82 Å². The van der Waals surface area contributed by atoms with Gasteiger partial charge in [0.1, 0.15) is 5.82 Å². The van der Waals surface area contributed by atoms with Gasteiger partial charge in [0.15, 0.2) is 6.04 Å². The lowest BCUT2D eigenvalue weighted by molar-refractivity contribution is -0.139. The molecule has 19 heavy (non-hydrogen) atoms.